The molecule has 2 atom stereocenters. The van der Waals surface area contributed by atoms with Gasteiger partial charge in [-0.15, -0.1) is 0 Å². The summed E-state index contributed by atoms with van der Waals surface area (Å²) < 4.78 is 0. The van der Waals surface area contributed by atoms with E-state index in [9.17, 15) is 10.1 Å². The predicted molar refractivity (Wildman–Crippen MR) is 84.4 cm³/mol. The van der Waals surface area contributed by atoms with Gasteiger partial charge in [0.15, 0.2) is 0 Å². The Balaban J connectivity index is 1.76. The van der Waals surface area contributed by atoms with Crippen LogP contribution in [0.4, 0.5) is 5.69 Å². The third kappa shape index (κ3) is 4.21. The van der Waals surface area contributed by atoms with E-state index in [1.54, 1.807) is 12.1 Å². The molecule has 110 valence electrons. The molecule has 2 unspecified atom stereocenters. The zero-order valence-corrected chi connectivity index (χ0v) is 12.7. The molecular weight excluding hydrogens is 272 g/mol. The number of non-ortho nitro benzene ring substituents is 1. The molecule has 1 fully saturated rings. The van der Waals surface area contributed by atoms with E-state index in [4.69, 9.17) is 0 Å². The lowest BCUT2D eigenvalue weighted by Gasteiger charge is -2.20. The molecule has 1 aliphatic rings. The van der Waals surface area contributed by atoms with E-state index in [-0.39, 0.29) is 10.6 Å². The summed E-state index contributed by atoms with van der Waals surface area (Å²) in [4.78, 5) is 10.2. The number of hydrogen-bond acceptors (Lipinski definition) is 4. The zero-order chi connectivity index (χ0) is 14.4. The Bertz CT molecular complexity index is 436. The lowest BCUT2D eigenvalue weighted by atomic mass is 10.1. The van der Waals surface area contributed by atoms with Gasteiger partial charge in [-0.05, 0) is 37.1 Å². The van der Waals surface area contributed by atoms with Gasteiger partial charge in [-0.1, -0.05) is 25.5 Å². The second kappa shape index (κ2) is 7.64. The summed E-state index contributed by atoms with van der Waals surface area (Å²) in [5, 5.41) is 15.0. The Labute approximate surface area is 124 Å². The second-order valence-corrected chi connectivity index (χ2v) is 6.68. The molecule has 1 aromatic rings. The number of nitrogens with zero attached hydrogens (tertiary/aromatic N) is 1. The topological polar surface area (TPSA) is 55.2 Å². The molecule has 5 heteroatoms. The van der Waals surface area contributed by atoms with Gasteiger partial charge in [0.25, 0.3) is 5.69 Å². The lowest BCUT2D eigenvalue weighted by Crippen LogP contribution is -2.35. The number of nitro benzene ring substituents is 1. The molecular formula is C15H22N2O2S. The normalized spacial score (nSPS) is 22.1. The van der Waals surface area contributed by atoms with Crippen molar-refractivity contribution < 1.29 is 4.92 Å². The van der Waals surface area contributed by atoms with E-state index in [1.807, 2.05) is 12.1 Å². The van der Waals surface area contributed by atoms with E-state index < -0.39 is 0 Å². The number of nitro groups is 1. The maximum absolute atomic E-state index is 10.6. The quantitative estimate of drug-likeness (QED) is 0.618. The Morgan fingerprint density at radius 2 is 2.10 bits per heavy atom. The van der Waals surface area contributed by atoms with Gasteiger partial charge in [-0.2, -0.15) is 11.8 Å². The van der Waals surface area contributed by atoms with E-state index in [0.29, 0.717) is 6.04 Å². The molecule has 0 aromatic heterocycles. The fourth-order valence-corrected chi connectivity index (χ4v) is 3.99. The Kier molecular flexibility index (Phi) is 5.86. The molecule has 0 heterocycles. The standard InChI is InChI=1S/C15H22N2O2S/c1-2-20-15-5-3-4-14(15)16-11-10-12-6-8-13(9-7-12)17(18)19/h6-9,14-16H,2-5,10-11H2,1H3. The van der Waals surface area contributed by atoms with Crippen LogP contribution in [0.15, 0.2) is 24.3 Å². The fourth-order valence-electron chi connectivity index (χ4n) is 2.76. The molecule has 1 aliphatic carbocycles. The molecule has 20 heavy (non-hydrogen) atoms. The Morgan fingerprint density at radius 1 is 1.35 bits per heavy atom. The highest BCUT2D eigenvalue weighted by Crippen LogP contribution is 2.29. The number of rotatable bonds is 7. The highest BCUT2D eigenvalue weighted by Gasteiger charge is 2.26. The largest absolute Gasteiger partial charge is 0.313 e. The smallest absolute Gasteiger partial charge is 0.269 e. The van der Waals surface area contributed by atoms with Crippen molar-refractivity contribution in [1.29, 1.82) is 0 Å². The first-order chi connectivity index (χ1) is 9.70. The van der Waals surface area contributed by atoms with Crippen LogP contribution in [-0.4, -0.2) is 28.5 Å². The number of hydrogen-bond donors (Lipinski definition) is 1. The van der Waals surface area contributed by atoms with Crippen molar-refractivity contribution in [2.75, 3.05) is 12.3 Å². The summed E-state index contributed by atoms with van der Waals surface area (Å²) in [6.07, 6.45) is 4.86. The van der Waals surface area contributed by atoms with Crippen LogP contribution in [0.1, 0.15) is 31.7 Å². The minimum absolute atomic E-state index is 0.164. The van der Waals surface area contributed by atoms with E-state index in [0.717, 1.165) is 23.8 Å². The van der Waals surface area contributed by atoms with Gasteiger partial charge in [0.05, 0.1) is 4.92 Å². The summed E-state index contributed by atoms with van der Waals surface area (Å²) in [6.45, 7) is 3.17. The summed E-state index contributed by atoms with van der Waals surface area (Å²) in [6, 6.07) is 7.51. The van der Waals surface area contributed by atoms with Gasteiger partial charge in [-0.25, -0.2) is 0 Å². The van der Waals surface area contributed by atoms with E-state index >= 15 is 0 Å². The summed E-state index contributed by atoms with van der Waals surface area (Å²) in [7, 11) is 0. The molecule has 0 aliphatic heterocycles. The third-order valence-electron chi connectivity index (χ3n) is 3.80. The first-order valence-electron chi connectivity index (χ1n) is 7.29. The van der Waals surface area contributed by atoms with Crippen molar-refractivity contribution >= 4 is 17.4 Å². The van der Waals surface area contributed by atoms with Crippen LogP contribution in [0.25, 0.3) is 0 Å². The average Bonchev–Trinajstić information content (AvgIpc) is 2.87. The average molecular weight is 294 g/mol. The second-order valence-electron chi connectivity index (χ2n) is 5.16. The van der Waals surface area contributed by atoms with Crippen molar-refractivity contribution in [2.24, 2.45) is 0 Å². The van der Waals surface area contributed by atoms with Gasteiger partial charge >= 0.3 is 0 Å². The predicted octanol–water partition coefficient (Wildman–Crippen LogP) is 3.40. The molecule has 0 saturated heterocycles. The monoisotopic (exact) mass is 294 g/mol. The van der Waals surface area contributed by atoms with Gasteiger partial charge in [0.1, 0.15) is 0 Å². The summed E-state index contributed by atoms with van der Waals surface area (Å²) in [5.41, 5.74) is 1.32. The highest BCUT2D eigenvalue weighted by atomic mass is 32.2. The molecule has 1 saturated carbocycles. The van der Waals surface area contributed by atoms with Crippen LogP contribution in [-0.2, 0) is 6.42 Å². The first-order valence-corrected chi connectivity index (χ1v) is 8.34. The molecule has 4 nitrogen and oxygen atoms in total. The summed E-state index contributed by atoms with van der Waals surface area (Å²) in [5.74, 6) is 1.19. The van der Waals surface area contributed by atoms with Crippen molar-refractivity contribution in [2.45, 2.75) is 43.9 Å². The van der Waals surface area contributed by atoms with Crippen molar-refractivity contribution in [3.8, 4) is 0 Å². The Morgan fingerprint density at radius 3 is 2.75 bits per heavy atom. The van der Waals surface area contributed by atoms with Crippen molar-refractivity contribution in [3.05, 3.63) is 39.9 Å². The van der Waals surface area contributed by atoms with Gasteiger partial charge < -0.3 is 5.32 Å². The van der Waals surface area contributed by atoms with Crippen LogP contribution in [0.3, 0.4) is 0 Å². The van der Waals surface area contributed by atoms with E-state index in [2.05, 4.69) is 24.0 Å². The van der Waals surface area contributed by atoms with Crippen LogP contribution in [0, 0.1) is 10.1 Å². The minimum Gasteiger partial charge on any atom is -0.313 e. The van der Waals surface area contributed by atoms with Crippen molar-refractivity contribution in [1.82, 2.24) is 5.32 Å². The third-order valence-corrected chi connectivity index (χ3v) is 5.13. The number of nitrogens with one attached hydrogen (secondary N) is 1. The van der Waals surface area contributed by atoms with E-state index in [1.165, 1.54) is 25.0 Å². The molecule has 1 aromatic carbocycles. The zero-order valence-electron chi connectivity index (χ0n) is 11.9. The van der Waals surface area contributed by atoms with Crippen LogP contribution >= 0.6 is 11.8 Å². The molecule has 0 spiro atoms. The fraction of sp³-hybridized carbons (Fsp3) is 0.600. The number of benzene rings is 1. The molecule has 0 radical (unpaired) electrons. The minimum atomic E-state index is -0.354. The molecule has 2 rings (SSSR count). The van der Waals surface area contributed by atoms with Crippen LogP contribution in [0.5, 0.6) is 0 Å². The van der Waals surface area contributed by atoms with Gasteiger partial charge in [0.2, 0.25) is 0 Å². The van der Waals surface area contributed by atoms with Crippen LogP contribution in [0.2, 0.25) is 0 Å². The first kappa shape index (κ1) is 15.3. The maximum Gasteiger partial charge on any atom is 0.269 e. The van der Waals surface area contributed by atoms with Crippen molar-refractivity contribution in [3.63, 3.8) is 0 Å². The molecule has 1 N–H and O–H groups in total. The van der Waals surface area contributed by atoms with Crippen LogP contribution < -0.4 is 5.32 Å². The molecule has 0 bridgehead atoms. The van der Waals surface area contributed by atoms with Gasteiger partial charge in [0, 0.05) is 23.4 Å². The lowest BCUT2D eigenvalue weighted by molar-refractivity contribution is -0.384. The highest BCUT2D eigenvalue weighted by molar-refractivity contribution is 7.99. The SMILES string of the molecule is CCSC1CCCC1NCCc1ccc([N+](=O)[O-])cc1. The molecule has 0 amide bonds. The van der Waals surface area contributed by atoms with Gasteiger partial charge in [-0.3, -0.25) is 10.1 Å². The maximum atomic E-state index is 10.6. The number of thioether (sulfide) groups is 1. The summed E-state index contributed by atoms with van der Waals surface area (Å²) >= 11 is 2.06. The Hall–Kier alpha value is -1.07.